The van der Waals surface area contributed by atoms with Crippen LogP contribution in [-0.2, 0) is 6.54 Å². The van der Waals surface area contributed by atoms with Gasteiger partial charge in [-0.15, -0.1) is 0 Å². The third kappa shape index (κ3) is 3.16. The molecular formula is C19H22N2O2. The number of hydrogen-bond donors (Lipinski definition) is 0. The first kappa shape index (κ1) is 15.4. The molecule has 4 heteroatoms. The average molecular weight is 310 g/mol. The average Bonchev–Trinajstić information content (AvgIpc) is 2.94. The van der Waals surface area contributed by atoms with Crippen LogP contribution in [0.2, 0.25) is 0 Å². The fourth-order valence-corrected chi connectivity index (χ4v) is 2.75. The third-order valence-corrected chi connectivity index (χ3v) is 3.84. The van der Waals surface area contributed by atoms with E-state index in [1.165, 1.54) is 0 Å². The lowest BCUT2D eigenvalue weighted by molar-refractivity contribution is 0.279. The molecule has 0 unspecified atom stereocenters. The molecule has 0 aliphatic heterocycles. The molecule has 0 N–H and O–H groups in total. The molecule has 0 bridgehead atoms. The summed E-state index contributed by atoms with van der Waals surface area (Å²) in [7, 11) is 1.66. The van der Waals surface area contributed by atoms with Gasteiger partial charge in [-0.2, -0.15) is 0 Å². The Hall–Kier alpha value is -2.49. The number of methoxy groups -OCH3 is 1. The van der Waals surface area contributed by atoms with Gasteiger partial charge in [-0.05, 0) is 24.3 Å². The Morgan fingerprint density at radius 2 is 1.70 bits per heavy atom. The van der Waals surface area contributed by atoms with Gasteiger partial charge >= 0.3 is 0 Å². The molecule has 2 aromatic carbocycles. The summed E-state index contributed by atoms with van der Waals surface area (Å²) in [5.41, 5.74) is 2.19. The summed E-state index contributed by atoms with van der Waals surface area (Å²) in [4.78, 5) is 4.75. The van der Waals surface area contributed by atoms with Gasteiger partial charge in [0.15, 0.2) is 11.5 Å². The largest absolute Gasteiger partial charge is 0.493 e. The van der Waals surface area contributed by atoms with Crippen molar-refractivity contribution in [3.63, 3.8) is 0 Å². The second kappa shape index (κ2) is 6.73. The predicted molar refractivity (Wildman–Crippen MR) is 92.3 cm³/mol. The van der Waals surface area contributed by atoms with E-state index in [1.807, 2.05) is 36.4 Å². The van der Waals surface area contributed by atoms with Crippen molar-refractivity contribution in [1.29, 1.82) is 0 Å². The van der Waals surface area contributed by atoms with Crippen LogP contribution in [0.25, 0.3) is 11.0 Å². The Bertz CT molecular complexity index is 793. The van der Waals surface area contributed by atoms with Crippen molar-refractivity contribution in [2.24, 2.45) is 0 Å². The van der Waals surface area contributed by atoms with Crippen LogP contribution >= 0.6 is 0 Å². The molecule has 0 saturated carbocycles. The van der Waals surface area contributed by atoms with E-state index >= 15 is 0 Å². The Morgan fingerprint density at radius 1 is 1.00 bits per heavy atom. The first-order valence-electron chi connectivity index (χ1n) is 7.91. The van der Waals surface area contributed by atoms with Gasteiger partial charge in [0.25, 0.3) is 0 Å². The van der Waals surface area contributed by atoms with E-state index in [-0.39, 0.29) is 0 Å². The maximum absolute atomic E-state index is 5.91. The highest BCUT2D eigenvalue weighted by Crippen LogP contribution is 2.26. The Morgan fingerprint density at radius 3 is 2.43 bits per heavy atom. The normalized spacial score (nSPS) is 11.1. The molecule has 0 fully saturated rings. The minimum absolute atomic E-state index is 0.369. The van der Waals surface area contributed by atoms with E-state index in [0.717, 1.165) is 34.9 Å². The van der Waals surface area contributed by atoms with Gasteiger partial charge in [0.1, 0.15) is 12.4 Å². The van der Waals surface area contributed by atoms with Crippen LogP contribution in [0.3, 0.4) is 0 Å². The first-order valence-corrected chi connectivity index (χ1v) is 7.91. The molecule has 0 aliphatic rings. The topological polar surface area (TPSA) is 36.3 Å². The van der Waals surface area contributed by atoms with Crippen LogP contribution in [0, 0.1) is 0 Å². The number of nitrogens with zero attached hydrogens (tertiary/aromatic N) is 2. The molecule has 0 saturated heterocycles. The molecule has 3 rings (SSSR count). The van der Waals surface area contributed by atoms with E-state index in [4.69, 9.17) is 14.5 Å². The molecular weight excluding hydrogens is 288 g/mol. The molecule has 23 heavy (non-hydrogen) atoms. The summed E-state index contributed by atoms with van der Waals surface area (Å²) in [6.45, 7) is 5.66. The van der Waals surface area contributed by atoms with Gasteiger partial charge in [-0.25, -0.2) is 4.98 Å². The van der Waals surface area contributed by atoms with Crippen molar-refractivity contribution in [3.05, 3.63) is 54.4 Å². The predicted octanol–water partition coefficient (Wildman–Crippen LogP) is 4.25. The van der Waals surface area contributed by atoms with Crippen LogP contribution < -0.4 is 9.47 Å². The second-order valence-corrected chi connectivity index (χ2v) is 5.76. The van der Waals surface area contributed by atoms with Crippen LogP contribution in [0.4, 0.5) is 0 Å². The number of hydrogen-bond acceptors (Lipinski definition) is 3. The van der Waals surface area contributed by atoms with Crippen molar-refractivity contribution in [3.8, 4) is 11.5 Å². The summed E-state index contributed by atoms with van der Waals surface area (Å²) >= 11 is 0. The molecule has 1 aromatic heterocycles. The van der Waals surface area contributed by atoms with Gasteiger partial charge in [0.2, 0.25) is 0 Å². The van der Waals surface area contributed by atoms with Crippen molar-refractivity contribution >= 4 is 11.0 Å². The van der Waals surface area contributed by atoms with E-state index in [2.05, 4.69) is 30.5 Å². The fraction of sp³-hybridized carbons (Fsp3) is 0.316. The minimum atomic E-state index is 0.369. The quantitative estimate of drug-likeness (QED) is 0.683. The Kier molecular flexibility index (Phi) is 4.51. The van der Waals surface area contributed by atoms with Gasteiger partial charge in [0, 0.05) is 5.92 Å². The number of ether oxygens (including phenoxy) is 2. The lowest BCUT2D eigenvalue weighted by Gasteiger charge is -2.14. The zero-order chi connectivity index (χ0) is 16.2. The number of fused-ring (bicyclic) bond motifs is 1. The maximum Gasteiger partial charge on any atom is 0.161 e. The number of benzene rings is 2. The Balaban J connectivity index is 1.80. The highest BCUT2D eigenvalue weighted by molar-refractivity contribution is 5.76. The van der Waals surface area contributed by atoms with Crippen molar-refractivity contribution in [2.45, 2.75) is 26.3 Å². The van der Waals surface area contributed by atoms with E-state index in [0.29, 0.717) is 12.5 Å². The Labute approximate surface area is 136 Å². The van der Waals surface area contributed by atoms with Crippen LogP contribution in [0.15, 0.2) is 48.5 Å². The molecule has 3 aromatic rings. The van der Waals surface area contributed by atoms with E-state index in [9.17, 15) is 0 Å². The van der Waals surface area contributed by atoms with Crippen molar-refractivity contribution in [1.82, 2.24) is 9.55 Å². The van der Waals surface area contributed by atoms with Crippen LogP contribution in [0.1, 0.15) is 25.6 Å². The van der Waals surface area contributed by atoms with Gasteiger partial charge in [-0.1, -0.05) is 38.1 Å². The zero-order valence-corrected chi connectivity index (χ0v) is 13.8. The molecule has 4 nitrogen and oxygen atoms in total. The second-order valence-electron chi connectivity index (χ2n) is 5.76. The fourth-order valence-electron chi connectivity index (χ4n) is 2.75. The molecule has 1 heterocycles. The third-order valence-electron chi connectivity index (χ3n) is 3.84. The summed E-state index contributed by atoms with van der Waals surface area (Å²) in [5.74, 6) is 2.99. The van der Waals surface area contributed by atoms with Crippen LogP contribution in [0.5, 0.6) is 11.5 Å². The maximum atomic E-state index is 5.91. The molecule has 0 spiro atoms. The van der Waals surface area contributed by atoms with E-state index < -0.39 is 0 Å². The van der Waals surface area contributed by atoms with Gasteiger partial charge in [-0.3, -0.25) is 0 Å². The van der Waals surface area contributed by atoms with Crippen LogP contribution in [-0.4, -0.2) is 23.3 Å². The highest BCUT2D eigenvalue weighted by atomic mass is 16.5. The lowest BCUT2D eigenvalue weighted by atomic mass is 10.2. The molecule has 0 atom stereocenters. The summed E-state index contributed by atoms with van der Waals surface area (Å²) in [6, 6.07) is 15.9. The SMILES string of the molecule is COc1ccccc1OCCn1c(C(C)C)nc2ccccc21. The number of para-hydroxylation sites is 4. The summed E-state index contributed by atoms with van der Waals surface area (Å²) < 4.78 is 13.5. The van der Waals surface area contributed by atoms with Gasteiger partial charge < -0.3 is 14.0 Å². The summed E-state index contributed by atoms with van der Waals surface area (Å²) in [6.07, 6.45) is 0. The van der Waals surface area contributed by atoms with Gasteiger partial charge in [0.05, 0.1) is 24.7 Å². The van der Waals surface area contributed by atoms with E-state index in [1.54, 1.807) is 7.11 Å². The highest BCUT2D eigenvalue weighted by Gasteiger charge is 2.13. The number of imidazole rings is 1. The smallest absolute Gasteiger partial charge is 0.161 e. The number of aromatic nitrogens is 2. The zero-order valence-electron chi connectivity index (χ0n) is 13.8. The number of rotatable bonds is 6. The molecule has 120 valence electrons. The van der Waals surface area contributed by atoms with Crippen molar-refractivity contribution < 1.29 is 9.47 Å². The molecule has 0 radical (unpaired) electrons. The lowest BCUT2D eigenvalue weighted by Crippen LogP contribution is -2.12. The molecule has 0 aliphatic carbocycles. The minimum Gasteiger partial charge on any atom is -0.493 e. The first-order chi connectivity index (χ1) is 11.2. The standard InChI is InChI=1S/C19H22N2O2/c1-14(2)19-20-15-8-4-5-9-16(15)21(19)12-13-23-18-11-7-6-10-17(18)22-3/h4-11,14H,12-13H2,1-3H3. The summed E-state index contributed by atoms with van der Waals surface area (Å²) in [5, 5.41) is 0. The molecule has 0 amide bonds. The monoisotopic (exact) mass is 310 g/mol. The van der Waals surface area contributed by atoms with Crippen molar-refractivity contribution in [2.75, 3.05) is 13.7 Å².